The first-order chi connectivity index (χ1) is 7.47. The van der Waals surface area contributed by atoms with E-state index < -0.39 is 18.0 Å². The van der Waals surface area contributed by atoms with Crippen LogP contribution in [-0.4, -0.2) is 55.2 Å². The maximum Gasteiger partial charge on any atom is 0.326 e. The van der Waals surface area contributed by atoms with Gasteiger partial charge in [0, 0.05) is 6.54 Å². The van der Waals surface area contributed by atoms with Crippen LogP contribution in [0.2, 0.25) is 0 Å². The Kier molecular flexibility index (Phi) is 7.28. The van der Waals surface area contributed by atoms with E-state index in [1.807, 2.05) is 19.0 Å². The molecule has 94 valence electrons. The molecule has 6 nitrogen and oxygen atoms in total. The number of hydrogen-bond donors (Lipinski definition) is 3. The van der Waals surface area contributed by atoms with Crippen molar-refractivity contribution in [3.8, 4) is 0 Å². The topological polar surface area (TPSA) is 81.7 Å². The van der Waals surface area contributed by atoms with Crippen LogP contribution in [0.25, 0.3) is 0 Å². The number of carbonyl (C=O) groups is 2. The molecule has 0 aliphatic heterocycles. The van der Waals surface area contributed by atoms with Crippen LogP contribution >= 0.6 is 0 Å². The van der Waals surface area contributed by atoms with Gasteiger partial charge in [0.05, 0.1) is 0 Å². The molecule has 0 spiro atoms. The third-order valence-corrected chi connectivity index (χ3v) is 2.08. The number of rotatable bonds is 7. The highest BCUT2D eigenvalue weighted by Gasteiger charge is 2.16. The van der Waals surface area contributed by atoms with E-state index in [-0.39, 0.29) is 0 Å². The third kappa shape index (κ3) is 7.05. The Balaban J connectivity index is 3.69. The van der Waals surface area contributed by atoms with Gasteiger partial charge >= 0.3 is 12.0 Å². The van der Waals surface area contributed by atoms with Crippen LogP contribution < -0.4 is 10.6 Å². The molecule has 2 amide bonds. The zero-order chi connectivity index (χ0) is 12.6. The number of urea groups is 1. The second kappa shape index (κ2) is 7.92. The molecule has 0 rings (SSSR count). The number of hydrogen-bond acceptors (Lipinski definition) is 3. The van der Waals surface area contributed by atoms with Gasteiger partial charge in [0.2, 0.25) is 0 Å². The highest BCUT2D eigenvalue weighted by Crippen LogP contribution is 1.90. The monoisotopic (exact) mass is 231 g/mol. The van der Waals surface area contributed by atoms with E-state index >= 15 is 0 Å². The number of carbonyl (C=O) groups excluding carboxylic acids is 1. The first-order valence-corrected chi connectivity index (χ1v) is 5.39. The van der Waals surface area contributed by atoms with E-state index in [1.54, 1.807) is 6.92 Å². The van der Waals surface area contributed by atoms with Crippen molar-refractivity contribution in [3.05, 3.63) is 0 Å². The van der Waals surface area contributed by atoms with Crippen LogP contribution in [0.1, 0.15) is 19.8 Å². The van der Waals surface area contributed by atoms with Gasteiger partial charge in [0.25, 0.3) is 0 Å². The molecule has 0 unspecified atom stereocenters. The normalized spacial score (nSPS) is 12.2. The second-order valence-electron chi connectivity index (χ2n) is 3.86. The molecule has 0 aromatic heterocycles. The van der Waals surface area contributed by atoms with E-state index in [1.165, 1.54) is 0 Å². The molecular weight excluding hydrogens is 210 g/mol. The number of carboxylic acid groups (broad SMARTS) is 1. The van der Waals surface area contributed by atoms with Crippen LogP contribution in [0.5, 0.6) is 0 Å². The second-order valence-corrected chi connectivity index (χ2v) is 3.86. The van der Waals surface area contributed by atoms with Crippen LogP contribution in [0.3, 0.4) is 0 Å². The lowest BCUT2D eigenvalue weighted by atomic mass is 10.2. The summed E-state index contributed by atoms with van der Waals surface area (Å²) in [4.78, 5) is 23.9. The van der Waals surface area contributed by atoms with Crippen molar-refractivity contribution in [1.29, 1.82) is 0 Å². The minimum Gasteiger partial charge on any atom is -0.480 e. The van der Waals surface area contributed by atoms with Gasteiger partial charge < -0.3 is 20.6 Å². The lowest BCUT2D eigenvalue weighted by Gasteiger charge is -2.14. The van der Waals surface area contributed by atoms with Gasteiger partial charge in [-0.1, -0.05) is 6.92 Å². The summed E-state index contributed by atoms with van der Waals surface area (Å²) in [7, 11) is 3.91. The van der Waals surface area contributed by atoms with Crippen molar-refractivity contribution in [2.24, 2.45) is 0 Å². The van der Waals surface area contributed by atoms with Crippen LogP contribution in [0.4, 0.5) is 4.79 Å². The Morgan fingerprint density at radius 1 is 1.38 bits per heavy atom. The van der Waals surface area contributed by atoms with Gasteiger partial charge in [0.1, 0.15) is 6.04 Å². The Morgan fingerprint density at radius 3 is 2.44 bits per heavy atom. The molecule has 1 atom stereocenters. The number of aliphatic carboxylic acids is 1. The van der Waals surface area contributed by atoms with Crippen LogP contribution in [0.15, 0.2) is 0 Å². The van der Waals surface area contributed by atoms with E-state index in [9.17, 15) is 9.59 Å². The van der Waals surface area contributed by atoms with Gasteiger partial charge in [-0.2, -0.15) is 0 Å². The minimum absolute atomic E-state index is 0.375. The summed E-state index contributed by atoms with van der Waals surface area (Å²) in [5.41, 5.74) is 0. The Morgan fingerprint density at radius 2 is 2.00 bits per heavy atom. The van der Waals surface area contributed by atoms with Crippen molar-refractivity contribution in [2.75, 3.05) is 27.2 Å². The molecule has 0 aromatic carbocycles. The minimum atomic E-state index is -1.01. The number of amides is 2. The largest absolute Gasteiger partial charge is 0.480 e. The predicted octanol–water partition coefficient (Wildman–Crippen LogP) is 0.101. The zero-order valence-corrected chi connectivity index (χ0v) is 10.1. The fraction of sp³-hybridized carbons (Fsp3) is 0.800. The highest BCUT2D eigenvalue weighted by atomic mass is 16.4. The Labute approximate surface area is 96.0 Å². The molecule has 0 saturated heterocycles. The summed E-state index contributed by atoms with van der Waals surface area (Å²) < 4.78 is 0. The summed E-state index contributed by atoms with van der Waals surface area (Å²) in [5.74, 6) is -1.01. The van der Waals surface area contributed by atoms with Crippen molar-refractivity contribution in [2.45, 2.75) is 25.8 Å². The van der Waals surface area contributed by atoms with Crippen molar-refractivity contribution < 1.29 is 14.7 Å². The van der Waals surface area contributed by atoms with Crippen molar-refractivity contribution in [1.82, 2.24) is 15.5 Å². The van der Waals surface area contributed by atoms with Gasteiger partial charge in [-0.3, -0.25) is 0 Å². The molecule has 0 aromatic rings. The molecule has 6 heteroatoms. The van der Waals surface area contributed by atoms with Gasteiger partial charge in [-0.15, -0.1) is 0 Å². The standard InChI is InChI=1S/C10H21N3O3/c1-4-8(9(14)15)12-10(16)11-6-5-7-13(2)3/h8H,4-7H2,1-3H3,(H,14,15)(H2,11,12,16)/t8-/m1/s1. The van der Waals surface area contributed by atoms with Gasteiger partial charge in [-0.25, -0.2) is 9.59 Å². The summed E-state index contributed by atoms with van der Waals surface area (Å²) >= 11 is 0. The molecule has 0 bridgehead atoms. The molecule has 0 aliphatic carbocycles. The molecule has 0 heterocycles. The SMILES string of the molecule is CC[C@@H](NC(=O)NCCCN(C)C)C(=O)O. The van der Waals surface area contributed by atoms with Crippen LogP contribution in [0, 0.1) is 0 Å². The Hall–Kier alpha value is -1.30. The summed E-state index contributed by atoms with van der Waals surface area (Å²) in [6.07, 6.45) is 1.21. The van der Waals surface area contributed by atoms with E-state index in [0.29, 0.717) is 13.0 Å². The lowest BCUT2D eigenvalue weighted by molar-refractivity contribution is -0.139. The molecule has 0 saturated carbocycles. The molecule has 0 radical (unpaired) electrons. The van der Waals surface area contributed by atoms with E-state index in [2.05, 4.69) is 10.6 Å². The average Bonchev–Trinajstić information content (AvgIpc) is 2.20. The summed E-state index contributed by atoms with van der Waals surface area (Å²) in [6, 6.07) is -1.23. The average molecular weight is 231 g/mol. The molecular formula is C10H21N3O3. The van der Waals surface area contributed by atoms with E-state index in [0.717, 1.165) is 13.0 Å². The predicted molar refractivity (Wildman–Crippen MR) is 61.4 cm³/mol. The fourth-order valence-electron chi connectivity index (χ4n) is 1.14. The lowest BCUT2D eigenvalue weighted by Crippen LogP contribution is -2.46. The molecule has 0 fully saturated rings. The van der Waals surface area contributed by atoms with E-state index in [4.69, 9.17) is 5.11 Å². The van der Waals surface area contributed by atoms with Gasteiger partial charge in [0.15, 0.2) is 0 Å². The summed E-state index contributed by atoms with van der Waals surface area (Å²) in [6.45, 7) is 3.14. The molecule has 3 N–H and O–H groups in total. The number of carboxylic acids is 1. The first kappa shape index (κ1) is 14.7. The maximum absolute atomic E-state index is 11.3. The number of nitrogens with one attached hydrogen (secondary N) is 2. The smallest absolute Gasteiger partial charge is 0.326 e. The fourth-order valence-corrected chi connectivity index (χ4v) is 1.14. The van der Waals surface area contributed by atoms with Crippen LogP contribution in [-0.2, 0) is 4.79 Å². The highest BCUT2D eigenvalue weighted by molar-refractivity contribution is 5.82. The molecule has 0 aliphatic rings. The number of nitrogens with zero attached hydrogens (tertiary/aromatic N) is 1. The Bertz CT molecular complexity index is 231. The van der Waals surface area contributed by atoms with Gasteiger partial charge in [-0.05, 0) is 33.5 Å². The third-order valence-electron chi connectivity index (χ3n) is 2.08. The molecule has 16 heavy (non-hydrogen) atoms. The summed E-state index contributed by atoms with van der Waals surface area (Å²) in [5, 5.41) is 13.7. The van der Waals surface area contributed by atoms with Crippen molar-refractivity contribution >= 4 is 12.0 Å². The van der Waals surface area contributed by atoms with Crippen molar-refractivity contribution in [3.63, 3.8) is 0 Å². The maximum atomic E-state index is 11.3. The zero-order valence-electron chi connectivity index (χ0n) is 10.1. The first-order valence-electron chi connectivity index (χ1n) is 5.39. The quantitative estimate of drug-likeness (QED) is 0.543.